The van der Waals surface area contributed by atoms with Gasteiger partial charge in [-0.1, -0.05) is 18.2 Å². The van der Waals surface area contributed by atoms with E-state index in [1.165, 1.54) is 5.56 Å². The van der Waals surface area contributed by atoms with Crippen molar-refractivity contribution in [3.63, 3.8) is 0 Å². The second kappa shape index (κ2) is 6.34. The number of nitrogens with zero attached hydrogens (tertiary/aromatic N) is 1. The van der Waals surface area contributed by atoms with Crippen LogP contribution in [-0.2, 0) is 0 Å². The number of carbonyl (C=O) groups excluding carboxylic acids is 1. The molecule has 5 heteroatoms. The minimum Gasteiger partial charge on any atom is -0.451 e. The molecule has 22 heavy (non-hydrogen) atoms. The molecule has 3 aromatic rings. The Balaban J connectivity index is 1.71. The highest BCUT2D eigenvalue weighted by Crippen LogP contribution is 2.21. The van der Waals surface area contributed by atoms with Gasteiger partial charge in [-0.2, -0.15) is 11.3 Å². The number of para-hydroxylation sites is 1. The van der Waals surface area contributed by atoms with E-state index >= 15 is 0 Å². The van der Waals surface area contributed by atoms with Crippen molar-refractivity contribution in [1.82, 2.24) is 10.2 Å². The Morgan fingerprint density at radius 2 is 2.14 bits per heavy atom. The minimum absolute atomic E-state index is 0.152. The molecule has 0 aliphatic heterocycles. The lowest BCUT2D eigenvalue weighted by atomic mass is 10.1. The molecular weight excluding hydrogens is 296 g/mol. The molecule has 0 saturated heterocycles. The number of hydrogen-bond donors (Lipinski definition) is 1. The van der Waals surface area contributed by atoms with Crippen molar-refractivity contribution in [1.29, 1.82) is 0 Å². The quantitative estimate of drug-likeness (QED) is 0.783. The fourth-order valence-corrected chi connectivity index (χ4v) is 3.14. The molecule has 3 rings (SSSR count). The number of thiophene rings is 1. The van der Waals surface area contributed by atoms with Crippen LogP contribution in [0.5, 0.6) is 0 Å². The molecule has 0 spiro atoms. The van der Waals surface area contributed by atoms with E-state index in [2.05, 4.69) is 21.7 Å². The number of hydrogen-bond acceptors (Lipinski definition) is 4. The van der Waals surface area contributed by atoms with Crippen LogP contribution < -0.4 is 5.32 Å². The first-order valence-corrected chi connectivity index (χ1v) is 8.05. The summed E-state index contributed by atoms with van der Waals surface area (Å²) in [5.41, 5.74) is 1.94. The van der Waals surface area contributed by atoms with E-state index in [1.54, 1.807) is 17.4 Å². The molecule has 2 aromatic heterocycles. The monoisotopic (exact) mass is 314 g/mol. The maximum Gasteiger partial charge on any atom is 0.287 e. The lowest BCUT2D eigenvalue weighted by molar-refractivity contribution is 0.0916. The molecule has 114 valence electrons. The predicted octanol–water partition coefficient (Wildman–Crippen LogP) is 3.53. The van der Waals surface area contributed by atoms with E-state index in [0.717, 1.165) is 11.0 Å². The van der Waals surface area contributed by atoms with Gasteiger partial charge in [0, 0.05) is 11.9 Å². The van der Waals surface area contributed by atoms with E-state index in [0.29, 0.717) is 12.3 Å². The highest BCUT2D eigenvalue weighted by molar-refractivity contribution is 7.07. The van der Waals surface area contributed by atoms with Gasteiger partial charge in [0.1, 0.15) is 5.58 Å². The summed E-state index contributed by atoms with van der Waals surface area (Å²) in [7, 11) is 4.02. The zero-order valence-electron chi connectivity index (χ0n) is 12.6. The van der Waals surface area contributed by atoms with Gasteiger partial charge in [-0.3, -0.25) is 4.79 Å². The third-order valence-corrected chi connectivity index (χ3v) is 4.36. The number of amides is 1. The number of furan rings is 1. The number of rotatable bonds is 5. The van der Waals surface area contributed by atoms with Gasteiger partial charge in [0.2, 0.25) is 0 Å². The van der Waals surface area contributed by atoms with Crippen molar-refractivity contribution >= 4 is 28.2 Å². The van der Waals surface area contributed by atoms with E-state index in [4.69, 9.17) is 4.42 Å². The molecule has 1 unspecified atom stereocenters. The van der Waals surface area contributed by atoms with Crippen molar-refractivity contribution in [2.24, 2.45) is 0 Å². The molecule has 4 nitrogen and oxygen atoms in total. The lowest BCUT2D eigenvalue weighted by Gasteiger charge is -2.23. The summed E-state index contributed by atoms with van der Waals surface area (Å²) in [6.45, 7) is 0.541. The molecule has 2 heterocycles. The fraction of sp³-hybridized carbons (Fsp3) is 0.235. The summed E-state index contributed by atoms with van der Waals surface area (Å²) in [4.78, 5) is 14.4. The number of fused-ring (bicyclic) bond motifs is 1. The highest BCUT2D eigenvalue weighted by atomic mass is 32.1. The number of likely N-dealkylation sites (N-methyl/N-ethyl adjacent to an activating group) is 1. The number of carbonyl (C=O) groups is 1. The van der Waals surface area contributed by atoms with Gasteiger partial charge in [-0.25, -0.2) is 0 Å². The summed E-state index contributed by atoms with van der Waals surface area (Å²) in [6.07, 6.45) is 0. The normalized spacial score (nSPS) is 12.7. The van der Waals surface area contributed by atoms with Gasteiger partial charge in [-0.05, 0) is 48.6 Å². The first-order chi connectivity index (χ1) is 10.6. The summed E-state index contributed by atoms with van der Waals surface area (Å²) < 4.78 is 5.59. The molecule has 0 aliphatic rings. The predicted molar refractivity (Wildman–Crippen MR) is 89.3 cm³/mol. The highest BCUT2D eigenvalue weighted by Gasteiger charge is 2.18. The average molecular weight is 314 g/mol. The van der Waals surface area contributed by atoms with Crippen molar-refractivity contribution in [2.75, 3.05) is 20.6 Å². The Morgan fingerprint density at radius 3 is 2.82 bits per heavy atom. The molecular formula is C17H18N2O2S. The van der Waals surface area contributed by atoms with E-state index in [-0.39, 0.29) is 11.9 Å². The van der Waals surface area contributed by atoms with Crippen LogP contribution in [0.25, 0.3) is 11.0 Å². The SMILES string of the molecule is CN(C)C(CNC(=O)c1cc2ccccc2o1)c1ccsc1. The second-order valence-corrected chi connectivity index (χ2v) is 6.17. The number of benzene rings is 1. The maximum absolute atomic E-state index is 12.3. The molecule has 0 fully saturated rings. The smallest absolute Gasteiger partial charge is 0.287 e. The zero-order chi connectivity index (χ0) is 15.5. The zero-order valence-corrected chi connectivity index (χ0v) is 13.4. The summed E-state index contributed by atoms with van der Waals surface area (Å²) in [5.74, 6) is 0.169. The van der Waals surface area contributed by atoms with Crippen LogP contribution >= 0.6 is 11.3 Å². The van der Waals surface area contributed by atoms with E-state index < -0.39 is 0 Å². The molecule has 0 aliphatic carbocycles. The van der Waals surface area contributed by atoms with Crippen molar-refractivity contribution in [2.45, 2.75) is 6.04 Å². The van der Waals surface area contributed by atoms with Crippen LogP contribution in [0, 0.1) is 0 Å². The summed E-state index contributed by atoms with van der Waals surface area (Å²) in [5, 5.41) is 8.06. The van der Waals surface area contributed by atoms with Crippen molar-refractivity contribution < 1.29 is 9.21 Å². The molecule has 0 saturated carbocycles. The standard InChI is InChI=1S/C17H18N2O2S/c1-19(2)14(13-7-8-22-11-13)10-18-17(20)16-9-12-5-3-4-6-15(12)21-16/h3-9,11,14H,10H2,1-2H3,(H,18,20). The molecule has 0 radical (unpaired) electrons. The fourth-order valence-electron chi connectivity index (χ4n) is 2.43. The van der Waals surface area contributed by atoms with Crippen molar-refractivity contribution in [3.8, 4) is 0 Å². The Kier molecular flexibility index (Phi) is 4.27. The van der Waals surface area contributed by atoms with E-state index in [1.807, 2.05) is 43.7 Å². The second-order valence-electron chi connectivity index (χ2n) is 5.39. The first kappa shape index (κ1) is 14.8. The van der Waals surface area contributed by atoms with Crippen LogP contribution in [0.2, 0.25) is 0 Å². The molecule has 1 amide bonds. The lowest BCUT2D eigenvalue weighted by Crippen LogP contribution is -2.34. The van der Waals surface area contributed by atoms with Gasteiger partial charge < -0.3 is 14.6 Å². The molecule has 1 N–H and O–H groups in total. The van der Waals surface area contributed by atoms with Crippen LogP contribution in [0.1, 0.15) is 22.2 Å². The topological polar surface area (TPSA) is 45.5 Å². The van der Waals surface area contributed by atoms with Gasteiger partial charge in [0.05, 0.1) is 6.04 Å². The van der Waals surface area contributed by atoms with Gasteiger partial charge in [0.25, 0.3) is 5.91 Å². The average Bonchev–Trinajstić information content (AvgIpc) is 3.16. The van der Waals surface area contributed by atoms with E-state index in [9.17, 15) is 4.79 Å². The number of nitrogens with one attached hydrogen (secondary N) is 1. The van der Waals surface area contributed by atoms with Gasteiger partial charge in [-0.15, -0.1) is 0 Å². The molecule has 1 aromatic carbocycles. The van der Waals surface area contributed by atoms with Crippen LogP contribution in [0.3, 0.4) is 0 Å². The van der Waals surface area contributed by atoms with Gasteiger partial charge >= 0.3 is 0 Å². The Morgan fingerprint density at radius 1 is 1.32 bits per heavy atom. The largest absolute Gasteiger partial charge is 0.451 e. The maximum atomic E-state index is 12.3. The third-order valence-electron chi connectivity index (χ3n) is 3.66. The van der Waals surface area contributed by atoms with Crippen LogP contribution in [0.4, 0.5) is 0 Å². The van der Waals surface area contributed by atoms with Crippen molar-refractivity contribution in [3.05, 3.63) is 58.5 Å². The van der Waals surface area contributed by atoms with Crippen LogP contribution in [-0.4, -0.2) is 31.4 Å². The van der Waals surface area contributed by atoms with Gasteiger partial charge in [0.15, 0.2) is 5.76 Å². The molecule has 0 bridgehead atoms. The summed E-state index contributed by atoms with van der Waals surface area (Å²) >= 11 is 1.66. The Hall–Kier alpha value is -2.11. The Bertz CT molecular complexity index is 729. The minimum atomic E-state index is -0.182. The van der Waals surface area contributed by atoms with Crippen LogP contribution in [0.15, 0.2) is 51.6 Å². The summed E-state index contributed by atoms with van der Waals surface area (Å²) in [6, 6.07) is 11.6. The third kappa shape index (κ3) is 3.05. The first-order valence-electron chi connectivity index (χ1n) is 7.10. The Labute approximate surface area is 133 Å². The molecule has 1 atom stereocenters.